The first-order chi connectivity index (χ1) is 13.7. The number of unbranched alkanes of at least 4 members (excludes halogenated alkanes) is 1. The van der Waals surface area contributed by atoms with Gasteiger partial charge in [0.2, 0.25) is 11.8 Å². The molecule has 1 heterocycles. The van der Waals surface area contributed by atoms with Crippen molar-refractivity contribution in [1.82, 2.24) is 14.9 Å². The van der Waals surface area contributed by atoms with Crippen LogP contribution in [0.15, 0.2) is 17.3 Å². The van der Waals surface area contributed by atoms with Gasteiger partial charge in [-0.3, -0.25) is 9.59 Å². The van der Waals surface area contributed by atoms with Gasteiger partial charge >= 0.3 is 0 Å². The summed E-state index contributed by atoms with van der Waals surface area (Å²) in [6.45, 7) is 13.0. The van der Waals surface area contributed by atoms with Gasteiger partial charge in [-0.15, -0.1) is 0 Å². The highest BCUT2D eigenvalue weighted by molar-refractivity contribution is 7.99. The highest BCUT2D eigenvalue weighted by Crippen LogP contribution is 2.22. The number of nitrogens with zero attached hydrogens (tertiary/aromatic N) is 2. The lowest BCUT2D eigenvalue weighted by molar-refractivity contribution is -0.122. The van der Waals surface area contributed by atoms with Crippen molar-refractivity contribution in [3.8, 4) is 0 Å². The smallest absolute Gasteiger partial charge is 0.243 e. The second kappa shape index (κ2) is 10.5. The average molecular weight is 417 g/mol. The second-order valence-corrected chi connectivity index (χ2v) is 8.40. The normalized spacial score (nSPS) is 10.8. The van der Waals surface area contributed by atoms with Crippen molar-refractivity contribution in [2.24, 2.45) is 0 Å². The highest BCUT2D eigenvalue weighted by Gasteiger charge is 2.14. The number of amides is 2. The third kappa shape index (κ3) is 6.35. The Kier molecular flexibility index (Phi) is 8.32. The fourth-order valence-electron chi connectivity index (χ4n) is 3.23. The van der Waals surface area contributed by atoms with Gasteiger partial charge in [0.15, 0.2) is 5.16 Å². The van der Waals surface area contributed by atoms with E-state index >= 15 is 0 Å². The topological polar surface area (TPSA) is 76.0 Å². The van der Waals surface area contributed by atoms with Gasteiger partial charge in [0.1, 0.15) is 0 Å². The SMILES string of the molecule is CCCCn1c(SCC(=O)NCC(=O)Nc2c(C)cc(C)cc2C)nc(C)c1C. The number of hydrogen-bond acceptors (Lipinski definition) is 4. The van der Waals surface area contributed by atoms with Crippen LogP contribution in [0.25, 0.3) is 0 Å². The quantitative estimate of drug-likeness (QED) is 0.604. The summed E-state index contributed by atoms with van der Waals surface area (Å²) in [4.78, 5) is 29.1. The van der Waals surface area contributed by atoms with E-state index in [2.05, 4.69) is 34.0 Å². The van der Waals surface area contributed by atoms with Crippen LogP contribution in [0.3, 0.4) is 0 Å². The molecule has 2 N–H and O–H groups in total. The van der Waals surface area contributed by atoms with Crippen molar-refractivity contribution in [2.45, 2.75) is 66.1 Å². The fourth-order valence-corrected chi connectivity index (χ4v) is 4.18. The first-order valence-corrected chi connectivity index (χ1v) is 11.0. The van der Waals surface area contributed by atoms with Crippen molar-refractivity contribution in [3.63, 3.8) is 0 Å². The summed E-state index contributed by atoms with van der Waals surface area (Å²) in [7, 11) is 0. The molecule has 6 nitrogen and oxygen atoms in total. The third-order valence-corrected chi connectivity index (χ3v) is 5.85. The van der Waals surface area contributed by atoms with Crippen LogP contribution < -0.4 is 10.6 Å². The molecule has 0 saturated heterocycles. The summed E-state index contributed by atoms with van der Waals surface area (Å²) < 4.78 is 2.17. The Morgan fingerprint density at radius 1 is 1.07 bits per heavy atom. The van der Waals surface area contributed by atoms with E-state index in [1.807, 2.05) is 39.8 Å². The average Bonchev–Trinajstić information content (AvgIpc) is 2.93. The summed E-state index contributed by atoms with van der Waals surface area (Å²) in [5.74, 6) is -0.171. The van der Waals surface area contributed by atoms with Crippen LogP contribution in [0.4, 0.5) is 5.69 Å². The maximum atomic E-state index is 12.3. The largest absolute Gasteiger partial charge is 0.346 e. The number of aryl methyl sites for hydroxylation is 4. The van der Waals surface area contributed by atoms with Gasteiger partial charge in [-0.2, -0.15) is 0 Å². The van der Waals surface area contributed by atoms with Crippen LogP contribution in [0.5, 0.6) is 0 Å². The van der Waals surface area contributed by atoms with Crippen molar-refractivity contribution < 1.29 is 9.59 Å². The van der Waals surface area contributed by atoms with Gasteiger partial charge in [0.25, 0.3) is 0 Å². The number of carbonyl (C=O) groups excluding carboxylic acids is 2. The van der Waals surface area contributed by atoms with Crippen LogP contribution in [0.1, 0.15) is 47.8 Å². The zero-order valence-electron chi connectivity index (χ0n) is 18.3. The molecule has 7 heteroatoms. The summed E-state index contributed by atoms with van der Waals surface area (Å²) >= 11 is 1.41. The van der Waals surface area contributed by atoms with Gasteiger partial charge in [-0.25, -0.2) is 4.98 Å². The first kappa shape index (κ1) is 23.0. The maximum Gasteiger partial charge on any atom is 0.243 e. The Morgan fingerprint density at radius 3 is 2.34 bits per heavy atom. The number of imidazole rings is 1. The van der Waals surface area contributed by atoms with Crippen LogP contribution in [-0.2, 0) is 16.1 Å². The molecule has 1 aromatic carbocycles. The molecule has 0 spiro atoms. The summed E-state index contributed by atoms with van der Waals surface area (Å²) in [6.07, 6.45) is 2.19. The predicted molar refractivity (Wildman–Crippen MR) is 120 cm³/mol. The van der Waals surface area contributed by atoms with Crippen LogP contribution in [0, 0.1) is 34.6 Å². The number of aromatic nitrogens is 2. The van der Waals surface area contributed by atoms with Gasteiger partial charge < -0.3 is 15.2 Å². The predicted octanol–water partition coefficient (Wildman–Crippen LogP) is 4.07. The number of nitrogens with one attached hydrogen (secondary N) is 2. The van der Waals surface area contributed by atoms with Crippen molar-refractivity contribution in [3.05, 3.63) is 40.2 Å². The molecule has 29 heavy (non-hydrogen) atoms. The molecule has 0 aliphatic carbocycles. The lowest BCUT2D eigenvalue weighted by atomic mass is 10.1. The van der Waals surface area contributed by atoms with Gasteiger partial charge in [-0.05, 0) is 52.2 Å². The molecule has 2 amide bonds. The summed E-state index contributed by atoms with van der Waals surface area (Å²) in [6, 6.07) is 4.06. The van der Waals surface area contributed by atoms with Crippen molar-refractivity contribution in [2.75, 3.05) is 17.6 Å². The Labute approximate surface area is 177 Å². The van der Waals surface area contributed by atoms with Gasteiger partial charge in [0.05, 0.1) is 18.0 Å². The number of rotatable bonds is 9. The van der Waals surface area contributed by atoms with Crippen molar-refractivity contribution >= 4 is 29.3 Å². The molecule has 2 rings (SSSR count). The summed E-state index contributed by atoms with van der Waals surface area (Å²) in [5.41, 5.74) is 6.14. The van der Waals surface area contributed by atoms with Gasteiger partial charge in [-0.1, -0.05) is 42.8 Å². The molecule has 158 valence electrons. The molecular formula is C22H32N4O2S. The molecule has 0 fully saturated rings. The zero-order valence-corrected chi connectivity index (χ0v) is 19.1. The zero-order chi connectivity index (χ0) is 21.6. The number of hydrogen-bond donors (Lipinski definition) is 2. The van der Waals surface area contributed by atoms with E-state index in [4.69, 9.17) is 0 Å². The first-order valence-electron chi connectivity index (χ1n) is 10.0. The Morgan fingerprint density at radius 2 is 1.72 bits per heavy atom. The number of carbonyl (C=O) groups is 2. The number of benzene rings is 1. The van der Waals surface area contributed by atoms with Crippen LogP contribution >= 0.6 is 11.8 Å². The lowest BCUT2D eigenvalue weighted by Crippen LogP contribution is -2.34. The molecule has 0 bridgehead atoms. The molecule has 0 aliphatic rings. The molecule has 0 atom stereocenters. The lowest BCUT2D eigenvalue weighted by Gasteiger charge is -2.13. The van der Waals surface area contributed by atoms with E-state index in [1.165, 1.54) is 11.8 Å². The Hall–Kier alpha value is -2.28. The second-order valence-electron chi connectivity index (χ2n) is 7.46. The molecular weight excluding hydrogens is 384 g/mol. The molecule has 0 radical (unpaired) electrons. The van der Waals surface area contributed by atoms with E-state index in [0.717, 1.165) is 58.3 Å². The minimum atomic E-state index is -0.227. The summed E-state index contributed by atoms with van der Waals surface area (Å²) in [5, 5.41) is 6.46. The standard InChI is InChI=1S/C22H32N4O2S/c1-7-8-9-26-18(6)17(5)24-22(26)29-13-20(28)23-12-19(27)25-21-15(3)10-14(2)11-16(21)4/h10-11H,7-9,12-13H2,1-6H3,(H,23,28)(H,25,27). The third-order valence-electron chi connectivity index (χ3n) is 4.88. The van der Waals surface area contributed by atoms with E-state index < -0.39 is 0 Å². The van der Waals surface area contributed by atoms with E-state index in [1.54, 1.807) is 0 Å². The Balaban J connectivity index is 1.86. The molecule has 0 unspecified atom stereocenters. The minimum Gasteiger partial charge on any atom is -0.346 e. The van der Waals surface area contributed by atoms with Crippen molar-refractivity contribution in [1.29, 1.82) is 0 Å². The van der Waals surface area contributed by atoms with E-state index in [0.29, 0.717) is 0 Å². The Bertz CT molecular complexity index is 866. The van der Waals surface area contributed by atoms with Crippen LogP contribution in [0.2, 0.25) is 0 Å². The van der Waals surface area contributed by atoms with E-state index in [9.17, 15) is 9.59 Å². The molecule has 0 saturated carbocycles. The monoisotopic (exact) mass is 416 g/mol. The fraction of sp³-hybridized carbons (Fsp3) is 0.500. The van der Waals surface area contributed by atoms with Gasteiger partial charge in [0, 0.05) is 17.9 Å². The number of anilines is 1. The molecule has 1 aromatic heterocycles. The highest BCUT2D eigenvalue weighted by atomic mass is 32.2. The maximum absolute atomic E-state index is 12.3. The molecule has 2 aromatic rings. The van der Waals surface area contributed by atoms with E-state index in [-0.39, 0.29) is 24.1 Å². The minimum absolute atomic E-state index is 0.0471. The van der Waals surface area contributed by atoms with Crippen LogP contribution in [-0.4, -0.2) is 33.7 Å². The molecule has 0 aliphatic heterocycles. The number of thioether (sulfide) groups is 1.